The molecule has 0 unspecified atom stereocenters. The summed E-state index contributed by atoms with van der Waals surface area (Å²) in [7, 11) is 0. The molecule has 0 fully saturated rings. The van der Waals surface area contributed by atoms with Crippen molar-refractivity contribution in [3.8, 4) is 22.5 Å². The maximum absolute atomic E-state index is 3.59. The van der Waals surface area contributed by atoms with Crippen LogP contribution in [0.2, 0.25) is 0 Å². The average Bonchev–Trinajstić information content (AvgIpc) is 1.14. The molecule has 0 spiro atoms. The lowest BCUT2D eigenvalue weighted by Crippen LogP contribution is -2.25. The summed E-state index contributed by atoms with van der Waals surface area (Å²) < 4.78 is 6.93. The summed E-state index contributed by atoms with van der Waals surface area (Å²) in [5, 5.41) is 5.08. The first kappa shape index (κ1) is 65.5. The topological polar surface area (TPSA) is 22.8 Å². The first-order valence-electron chi connectivity index (χ1n) is 34.7. The summed E-state index contributed by atoms with van der Waals surface area (Å²) in [6.07, 6.45) is 1.10. The minimum Gasteiger partial charge on any atom is -0.309 e. The van der Waals surface area contributed by atoms with Gasteiger partial charge in [0.15, 0.2) is 0 Å². The quantitative estimate of drug-likeness (QED) is 0.165. The fourth-order valence-corrected chi connectivity index (χ4v) is 15.9. The second-order valence-electron chi connectivity index (χ2n) is 27.3. The highest BCUT2D eigenvalue weighted by Gasteiger charge is 2.34. The van der Waals surface area contributed by atoms with Crippen LogP contribution in [0.4, 0.5) is 68.2 Å². The molecule has 0 radical (unpaired) electrons. The van der Waals surface area contributed by atoms with Gasteiger partial charge in [0, 0.05) is 64.6 Å². The number of rotatable bonds is 6. The lowest BCUT2D eigenvalue weighted by Gasteiger charge is -2.41. The van der Waals surface area contributed by atoms with Crippen LogP contribution in [0.3, 0.4) is 0 Å². The van der Waals surface area contributed by atoms with E-state index in [0.29, 0.717) is 0 Å². The average molecular weight is 1450 g/mol. The van der Waals surface area contributed by atoms with Crippen molar-refractivity contribution in [2.24, 2.45) is 0 Å². The lowest BCUT2D eigenvalue weighted by atomic mass is 9.97. The first-order valence-corrected chi connectivity index (χ1v) is 36.3. The number of aryl methyl sites for hydroxylation is 8. The molecule has 0 saturated carbocycles. The van der Waals surface area contributed by atoms with Gasteiger partial charge in [0.2, 0.25) is 0 Å². The number of hydrogen-bond donors (Lipinski definition) is 0. The van der Waals surface area contributed by atoms with E-state index in [4.69, 9.17) is 0 Å². The van der Waals surface area contributed by atoms with E-state index in [2.05, 4.69) is 407 Å². The molecule has 4 heterocycles. The molecule has 1 aliphatic carbocycles. The van der Waals surface area contributed by atoms with Crippen LogP contribution < -0.4 is 19.6 Å². The highest BCUT2D eigenvalue weighted by molar-refractivity contribution is 9.10. The van der Waals surface area contributed by atoms with Crippen LogP contribution in [0.25, 0.3) is 66.1 Å². The fraction of sp³-hybridized carbons (Fsp3) is 0.106. The molecule has 6 nitrogen and oxygen atoms in total. The normalized spacial score (nSPS) is 12.4. The molecule has 498 valence electrons. The third-order valence-electron chi connectivity index (χ3n) is 21.1. The Kier molecular flexibility index (Phi) is 16.9. The Bertz CT molecular complexity index is 5360. The molecule has 0 saturated heterocycles. The molecule has 0 N–H and O–H groups in total. The Morgan fingerprint density at radius 3 is 0.667 bits per heavy atom. The van der Waals surface area contributed by atoms with Crippen molar-refractivity contribution in [3.05, 3.63) is 356 Å². The number of para-hydroxylation sites is 4. The number of nitrogens with zero attached hydrogens (tertiary/aromatic N) is 6. The first-order chi connectivity index (χ1) is 49.2. The Morgan fingerprint density at radius 2 is 0.422 bits per heavy atom. The van der Waals surface area contributed by atoms with Crippen molar-refractivity contribution in [2.75, 3.05) is 19.6 Å². The smallest absolute Gasteiger partial charge is 0.0706 e. The maximum Gasteiger partial charge on any atom is 0.0706 e. The van der Waals surface area contributed by atoms with Crippen LogP contribution in [0.1, 0.15) is 63.1 Å². The number of halogens is 2. The molecule has 0 atom stereocenters. The summed E-state index contributed by atoms with van der Waals surface area (Å²) in [5.74, 6) is 0. The summed E-state index contributed by atoms with van der Waals surface area (Å²) in [6.45, 7) is 17.6. The van der Waals surface area contributed by atoms with E-state index in [1.165, 1.54) is 156 Å². The number of fused-ring (bicyclic) bond motifs is 13. The van der Waals surface area contributed by atoms with Gasteiger partial charge >= 0.3 is 0 Å². The van der Waals surface area contributed by atoms with Crippen LogP contribution >= 0.6 is 31.9 Å². The van der Waals surface area contributed by atoms with Gasteiger partial charge in [-0.05, 0) is 298 Å². The van der Waals surface area contributed by atoms with Crippen LogP contribution in [-0.4, -0.2) is 9.13 Å². The van der Waals surface area contributed by atoms with Gasteiger partial charge in [-0.25, -0.2) is 0 Å². The lowest BCUT2D eigenvalue weighted by molar-refractivity contribution is 1.13. The van der Waals surface area contributed by atoms with Gasteiger partial charge < -0.3 is 28.7 Å². The summed E-state index contributed by atoms with van der Waals surface area (Å²) in [4.78, 5) is 9.71. The van der Waals surface area contributed by atoms with E-state index in [-0.39, 0.29) is 7.43 Å². The van der Waals surface area contributed by atoms with Crippen molar-refractivity contribution in [1.82, 2.24) is 9.13 Å². The number of benzene rings is 14. The second kappa shape index (κ2) is 26.4. The minimum atomic E-state index is 0. The zero-order valence-electron chi connectivity index (χ0n) is 57.9. The van der Waals surface area contributed by atoms with E-state index >= 15 is 0 Å². The van der Waals surface area contributed by atoms with Gasteiger partial charge in [0.25, 0.3) is 0 Å². The van der Waals surface area contributed by atoms with Crippen LogP contribution in [-0.2, 0) is 6.42 Å². The van der Waals surface area contributed by atoms with Gasteiger partial charge in [0.1, 0.15) is 0 Å². The predicted octanol–water partition coefficient (Wildman–Crippen LogP) is 28.0. The molecule has 8 heteroatoms. The summed E-state index contributed by atoms with van der Waals surface area (Å²) in [6, 6.07) is 106. The van der Waals surface area contributed by atoms with E-state index in [1.54, 1.807) is 0 Å². The van der Waals surface area contributed by atoms with E-state index in [1.807, 2.05) is 0 Å². The standard InChI is InChI=1S/C52H40N4.C28H24Br2N2.C13H10.CH4/c1-33-29-49-50(30-34(33)2)56(40-27-23-38(24-28-40)54-47-19-11-7-15-43(47)44-16-8-12-20-48(44)54)52-32-36(4)35(3)31-51(52)55(49)39-25-21-37(22-26-39)53-45-17-9-5-13-41(45)42-14-6-10-18-46(42)53;1-17-13-25-26(14-18(17)2)32(24-11-7-22(30)8-12-24)28-16-20(4)19(3)15-27(28)31(25)23-9-5-21(29)6-10-23;1-3-7-12-10(5-1)9-11-6-2-4-8-13(11)12;/h5-32H,1-4H3;5-16H,1-4H3;1-8H,9H2;1H4. The van der Waals surface area contributed by atoms with Gasteiger partial charge in [-0.2, -0.15) is 0 Å². The zero-order valence-corrected chi connectivity index (χ0v) is 61.0. The maximum atomic E-state index is 3.59. The molecular weight excluding hydrogens is 1370 g/mol. The predicted molar refractivity (Wildman–Crippen MR) is 442 cm³/mol. The molecular formula is C94H78Br2N6. The molecule has 0 amide bonds. The van der Waals surface area contributed by atoms with Crippen LogP contribution in [0, 0.1) is 55.4 Å². The van der Waals surface area contributed by atoms with E-state index < -0.39 is 0 Å². The van der Waals surface area contributed by atoms with Gasteiger partial charge in [-0.15, -0.1) is 0 Å². The Hall–Kier alpha value is -11.2. The van der Waals surface area contributed by atoms with E-state index in [0.717, 1.165) is 49.5 Å². The molecule has 19 rings (SSSR count). The van der Waals surface area contributed by atoms with Crippen molar-refractivity contribution >= 4 is 144 Å². The SMILES string of the molecule is C.Cc1cc2c(cc1C)N(c1ccc(-n3c4ccccc4c4ccccc43)cc1)c1cc(C)c(C)cc1N2c1ccc(-n2c3ccccc3c3ccccc32)cc1.Cc1cc2c(cc1C)N(c1ccc(Br)cc1)c1cc(C)c(C)cc1N2c1ccc(Br)cc1.c1ccc2c(c1)Cc1ccccc1-2. The Balaban J connectivity index is 0.000000146. The van der Waals surface area contributed by atoms with Gasteiger partial charge in [-0.1, -0.05) is 161 Å². The van der Waals surface area contributed by atoms with Crippen molar-refractivity contribution in [3.63, 3.8) is 0 Å². The molecule has 16 aromatic rings. The van der Waals surface area contributed by atoms with Crippen molar-refractivity contribution < 1.29 is 0 Å². The minimum absolute atomic E-state index is 0. The molecule has 3 aliphatic rings. The fourth-order valence-electron chi connectivity index (χ4n) is 15.4. The monoisotopic (exact) mass is 1450 g/mol. The number of hydrogen-bond acceptors (Lipinski definition) is 4. The Labute approximate surface area is 615 Å². The van der Waals surface area contributed by atoms with Gasteiger partial charge in [0.05, 0.1) is 67.6 Å². The molecule has 0 bridgehead atoms. The van der Waals surface area contributed by atoms with Crippen molar-refractivity contribution in [2.45, 2.75) is 69.2 Å². The molecule has 2 aliphatic heterocycles. The molecule has 14 aromatic carbocycles. The zero-order chi connectivity index (χ0) is 68.9. The third-order valence-corrected chi connectivity index (χ3v) is 22.1. The van der Waals surface area contributed by atoms with E-state index in [9.17, 15) is 0 Å². The number of anilines is 12. The third kappa shape index (κ3) is 11.3. The number of aromatic nitrogens is 2. The van der Waals surface area contributed by atoms with Gasteiger partial charge in [-0.3, -0.25) is 0 Å². The summed E-state index contributed by atoms with van der Waals surface area (Å²) in [5.41, 5.74) is 37.1. The Morgan fingerprint density at radius 1 is 0.225 bits per heavy atom. The molecule has 2 aromatic heterocycles. The highest BCUT2D eigenvalue weighted by atomic mass is 79.9. The molecule has 102 heavy (non-hydrogen) atoms. The van der Waals surface area contributed by atoms with Crippen molar-refractivity contribution in [1.29, 1.82) is 0 Å². The second-order valence-corrected chi connectivity index (χ2v) is 29.1. The van der Waals surface area contributed by atoms with Crippen LogP contribution in [0.15, 0.2) is 300 Å². The highest BCUT2D eigenvalue weighted by Crippen LogP contribution is 2.58. The summed E-state index contributed by atoms with van der Waals surface area (Å²) >= 11 is 7.18. The largest absolute Gasteiger partial charge is 0.309 e. The van der Waals surface area contributed by atoms with Crippen LogP contribution in [0.5, 0.6) is 0 Å².